The van der Waals surface area contributed by atoms with Crippen molar-refractivity contribution in [2.75, 3.05) is 6.54 Å². The first-order valence-corrected chi connectivity index (χ1v) is 10.4. The molecule has 3 aromatic carbocycles. The van der Waals surface area contributed by atoms with Crippen molar-refractivity contribution in [2.45, 2.75) is 24.1 Å². The number of aryl methyl sites for hydroxylation is 1. The second kappa shape index (κ2) is 8.67. The van der Waals surface area contributed by atoms with Crippen molar-refractivity contribution in [1.29, 1.82) is 0 Å². The van der Waals surface area contributed by atoms with E-state index in [1.807, 2.05) is 43.3 Å². The van der Waals surface area contributed by atoms with Gasteiger partial charge in [0.1, 0.15) is 6.23 Å². The molecule has 3 aromatic rings. The van der Waals surface area contributed by atoms with Crippen LogP contribution >= 0.6 is 0 Å². The Hall–Kier alpha value is -2.51. The molecule has 0 saturated carbocycles. The van der Waals surface area contributed by atoms with E-state index in [0.29, 0.717) is 0 Å². The number of hydrogen-bond donors (Lipinski definition) is 2. The number of rotatable bonds is 4. The topological polar surface area (TPSA) is 77.6 Å². The van der Waals surface area contributed by atoms with Crippen molar-refractivity contribution in [1.82, 2.24) is 4.90 Å². The van der Waals surface area contributed by atoms with E-state index in [1.54, 1.807) is 12.1 Å². The van der Waals surface area contributed by atoms with Crippen molar-refractivity contribution in [3.8, 4) is 0 Å². The van der Waals surface area contributed by atoms with E-state index in [4.69, 9.17) is 4.55 Å². The van der Waals surface area contributed by atoms with Crippen LogP contribution < -0.4 is 0 Å². The summed E-state index contributed by atoms with van der Waals surface area (Å²) in [6, 6.07) is 26.8. The van der Waals surface area contributed by atoms with Gasteiger partial charge in [0.05, 0.1) is 10.9 Å². The summed E-state index contributed by atoms with van der Waals surface area (Å²) in [5.74, 6) is 0. The van der Waals surface area contributed by atoms with Crippen molar-refractivity contribution >= 4 is 10.1 Å². The van der Waals surface area contributed by atoms with Gasteiger partial charge in [-0.15, -0.1) is 0 Å². The summed E-state index contributed by atoms with van der Waals surface area (Å²) in [6.45, 7) is 2.60. The quantitative estimate of drug-likeness (QED) is 0.519. The van der Waals surface area contributed by atoms with E-state index in [0.717, 1.165) is 12.1 Å². The van der Waals surface area contributed by atoms with Gasteiger partial charge in [0.2, 0.25) is 0 Å². The van der Waals surface area contributed by atoms with Gasteiger partial charge < -0.3 is 5.11 Å². The molecule has 6 heteroatoms. The SMILES string of the molecule is Cc1ccc(S(=O)(=O)O)cc1.OC1CN1C(c1ccccc1)c1ccccc1. The monoisotopic (exact) mass is 397 g/mol. The molecule has 1 aliphatic rings. The molecule has 2 atom stereocenters. The van der Waals surface area contributed by atoms with Gasteiger partial charge in [-0.2, -0.15) is 8.42 Å². The van der Waals surface area contributed by atoms with Crippen LogP contribution in [0.25, 0.3) is 0 Å². The van der Waals surface area contributed by atoms with E-state index in [1.165, 1.54) is 23.3 Å². The Labute approximate surface area is 165 Å². The largest absolute Gasteiger partial charge is 0.377 e. The molecule has 2 unspecified atom stereocenters. The smallest absolute Gasteiger partial charge is 0.294 e. The highest BCUT2D eigenvalue weighted by Gasteiger charge is 2.39. The molecular formula is C22H23NO4S. The molecule has 0 radical (unpaired) electrons. The molecule has 5 nitrogen and oxygen atoms in total. The molecule has 1 heterocycles. The van der Waals surface area contributed by atoms with Crippen LogP contribution in [0.4, 0.5) is 0 Å². The van der Waals surface area contributed by atoms with Crippen LogP contribution in [0.15, 0.2) is 89.8 Å². The third-order valence-electron chi connectivity index (χ3n) is 4.50. The van der Waals surface area contributed by atoms with E-state index >= 15 is 0 Å². The van der Waals surface area contributed by atoms with Crippen LogP contribution in [-0.4, -0.2) is 35.7 Å². The summed E-state index contributed by atoms with van der Waals surface area (Å²) >= 11 is 0. The first kappa shape index (κ1) is 20.2. The maximum Gasteiger partial charge on any atom is 0.294 e. The fourth-order valence-electron chi connectivity index (χ4n) is 2.98. The van der Waals surface area contributed by atoms with E-state index < -0.39 is 10.1 Å². The van der Waals surface area contributed by atoms with Crippen LogP contribution in [0.3, 0.4) is 0 Å². The number of nitrogens with zero attached hydrogens (tertiary/aromatic N) is 1. The molecule has 0 amide bonds. The van der Waals surface area contributed by atoms with Gasteiger partial charge >= 0.3 is 0 Å². The number of aliphatic hydroxyl groups is 1. The Bertz CT molecular complexity index is 950. The highest BCUT2D eigenvalue weighted by Crippen LogP contribution is 2.35. The Morgan fingerprint density at radius 2 is 1.29 bits per heavy atom. The lowest BCUT2D eigenvalue weighted by Crippen LogP contribution is -2.13. The summed E-state index contributed by atoms with van der Waals surface area (Å²) in [6.07, 6.45) is -0.291. The number of aliphatic hydroxyl groups excluding tert-OH is 1. The zero-order valence-corrected chi connectivity index (χ0v) is 16.3. The van der Waals surface area contributed by atoms with Crippen LogP contribution in [0, 0.1) is 6.92 Å². The highest BCUT2D eigenvalue weighted by molar-refractivity contribution is 7.85. The zero-order chi connectivity index (χ0) is 20.1. The molecule has 1 fully saturated rings. The summed E-state index contributed by atoms with van der Waals surface area (Å²) < 4.78 is 29.6. The van der Waals surface area contributed by atoms with Crippen LogP contribution in [0.1, 0.15) is 22.7 Å². The standard InChI is InChI=1S/C15H15NO.C7H8O3S/c17-14-11-16(14)15(12-7-3-1-4-8-12)13-9-5-2-6-10-13;1-6-2-4-7(5-3-6)11(8,9)10/h1-10,14-15,17H,11H2;2-5H,1H3,(H,8,9,10). The Kier molecular flexibility index (Phi) is 6.26. The normalized spacial score (nSPS) is 18.3. The molecule has 0 aromatic heterocycles. The number of benzene rings is 3. The summed E-state index contributed by atoms with van der Waals surface area (Å²) in [5, 5.41) is 9.65. The van der Waals surface area contributed by atoms with Gasteiger partial charge in [-0.05, 0) is 30.2 Å². The van der Waals surface area contributed by atoms with Crippen molar-refractivity contribution in [3.63, 3.8) is 0 Å². The van der Waals surface area contributed by atoms with E-state index in [2.05, 4.69) is 29.2 Å². The molecule has 0 bridgehead atoms. The van der Waals surface area contributed by atoms with Gasteiger partial charge in [-0.25, -0.2) is 0 Å². The molecular weight excluding hydrogens is 374 g/mol. The average Bonchev–Trinajstić information content (AvgIpc) is 3.40. The average molecular weight is 397 g/mol. The predicted molar refractivity (Wildman–Crippen MR) is 108 cm³/mol. The summed E-state index contributed by atoms with van der Waals surface area (Å²) in [4.78, 5) is 2.02. The molecule has 0 spiro atoms. The Morgan fingerprint density at radius 1 is 0.857 bits per heavy atom. The molecule has 4 rings (SSSR count). The fraction of sp³-hybridized carbons (Fsp3) is 0.182. The van der Waals surface area contributed by atoms with Crippen LogP contribution in [-0.2, 0) is 10.1 Å². The van der Waals surface area contributed by atoms with Crippen LogP contribution in [0.2, 0.25) is 0 Å². The predicted octanol–water partition coefficient (Wildman–Crippen LogP) is 3.65. The van der Waals surface area contributed by atoms with E-state index in [9.17, 15) is 13.5 Å². The molecule has 146 valence electrons. The molecule has 1 aliphatic heterocycles. The maximum absolute atomic E-state index is 10.5. The Morgan fingerprint density at radius 3 is 1.64 bits per heavy atom. The van der Waals surface area contributed by atoms with Gasteiger partial charge in [0.25, 0.3) is 10.1 Å². The fourth-order valence-corrected chi connectivity index (χ4v) is 3.46. The molecule has 0 aliphatic carbocycles. The van der Waals surface area contributed by atoms with Crippen molar-refractivity contribution in [3.05, 3.63) is 102 Å². The first-order valence-electron chi connectivity index (χ1n) is 8.94. The number of β-amino-alcohol motifs (C(OH)–C–C–N with tert-alkyl or cyclic N) is 1. The Balaban J connectivity index is 0.000000178. The number of hydrogen-bond acceptors (Lipinski definition) is 4. The van der Waals surface area contributed by atoms with Crippen molar-refractivity contribution < 1.29 is 18.1 Å². The minimum Gasteiger partial charge on any atom is -0.377 e. The van der Waals surface area contributed by atoms with Gasteiger partial charge in [0, 0.05) is 6.54 Å². The zero-order valence-electron chi connectivity index (χ0n) is 15.5. The van der Waals surface area contributed by atoms with Gasteiger partial charge in [-0.3, -0.25) is 9.45 Å². The first-order chi connectivity index (χ1) is 13.4. The molecule has 2 N–H and O–H groups in total. The summed E-state index contributed by atoms with van der Waals surface area (Å²) in [7, 11) is -4.02. The second-order valence-corrected chi connectivity index (χ2v) is 8.11. The van der Waals surface area contributed by atoms with E-state index in [-0.39, 0.29) is 17.2 Å². The molecule has 1 saturated heterocycles. The maximum atomic E-state index is 10.5. The highest BCUT2D eigenvalue weighted by atomic mass is 32.2. The van der Waals surface area contributed by atoms with Crippen LogP contribution in [0.5, 0.6) is 0 Å². The third kappa shape index (κ3) is 5.27. The minimum absolute atomic E-state index is 0.0666. The lowest BCUT2D eigenvalue weighted by molar-refractivity contribution is 0.194. The second-order valence-electron chi connectivity index (χ2n) is 6.69. The molecule has 28 heavy (non-hydrogen) atoms. The third-order valence-corrected chi connectivity index (χ3v) is 5.37. The minimum atomic E-state index is -4.02. The summed E-state index contributed by atoms with van der Waals surface area (Å²) in [5.41, 5.74) is 3.42. The lowest BCUT2D eigenvalue weighted by Gasteiger charge is -2.19. The van der Waals surface area contributed by atoms with Crippen molar-refractivity contribution in [2.24, 2.45) is 0 Å². The van der Waals surface area contributed by atoms with Gasteiger partial charge in [-0.1, -0.05) is 78.4 Å². The van der Waals surface area contributed by atoms with Gasteiger partial charge in [0.15, 0.2) is 0 Å². The lowest BCUT2D eigenvalue weighted by atomic mass is 9.99.